The number of carbonyl (C=O) groups excluding carboxylic acids is 2. The van der Waals surface area contributed by atoms with E-state index in [1.54, 1.807) is 5.38 Å². The molecule has 0 radical (unpaired) electrons. The first-order chi connectivity index (χ1) is 12.2. The van der Waals surface area contributed by atoms with Crippen LogP contribution in [0.15, 0.2) is 29.6 Å². The fourth-order valence-electron chi connectivity index (χ4n) is 2.46. The molecule has 0 fully saturated rings. The SMILES string of the molecule is COC(=O)CC(NC(=O)c1csc(CN)n1)c1ccc(C(C)(C)C)cc1. The molecule has 2 aromatic rings. The number of amides is 1. The average Bonchev–Trinajstić information content (AvgIpc) is 3.09. The number of nitrogens with zero attached hydrogens (tertiary/aromatic N) is 1. The van der Waals surface area contributed by atoms with Gasteiger partial charge in [-0.3, -0.25) is 9.59 Å². The Labute approximate surface area is 157 Å². The van der Waals surface area contributed by atoms with Crippen LogP contribution in [0.4, 0.5) is 0 Å². The molecule has 0 aliphatic carbocycles. The molecule has 1 aromatic carbocycles. The Kier molecular flexibility index (Phi) is 6.50. The largest absolute Gasteiger partial charge is 0.469 e. The number of ether oxygens (including phenoxy) is 1. The number of hydrogen-bond acceptors (Lipinski definition) is 6. The van der Waals surface area contributed by atoms with Crippen LogP contribution in [0, 0.1) is 0 Å². The van der Waals surface area contributed by atoms with Gasteiger partial charge in [-0.15, -0.1) is 11.3 Å². The molecule has 2 rings (SSSR count). The lowest BCUT2D eigenvalue weighted by atomic mass is 9.86. The molecule has 0 spiro atoms. The molecule has 0 saturated carbocycles. The van der Waals surface area contributed by atoms with E-state index in [0.29, 0.717) is 10.7 Å². The third kappa shape index (κ3) is 5.12. The van der Waals surface area contributed by atoms with Crippen LogP contribution in [0.2, 0.25) is 0 Å². The van der Waals surface area contributed by atoms with Gasteiger partial charge in [-0.05, 0) is 16.5 Å². The summed E-state index contributed by atoms with van der Waals surface area (Å²) in [7, 11) is 1.33. The third-order valence-electron chi connectivity index (χ3n) is 4.04. The van der Waals surface area contributed by atoms with E-state index in [2.05, 4.69) is 31.1 Å². The number of methoxy groups -OCH3 is 1. The summed E-state index contributed by atoms with van der Waals surface area (Å²) < 4.78 is 4.77. The van der Waals surface area contributed by atoms with Crippen LogP contribution in [-0.2, 0) is 21.5 Å². The summed E-state index contributed by atoms with van der Waals surface area (Å²) in [5.74, 6) is -0.731. The summed E-state index contributed by atoms with van der Waals surface area (Å²) in [6, 6.07) is 7.40. The Bertz CT molecular complexity index is 763. The summed E-state index contributed by atoms with van der Waals surface area (Å²) in [6.45, 7) is 6.69. The van der Waals surface area contributed by atoms with Crippen LogP contribution in [0.3, 0.4) is 0 Å². The standard InChI is InChI=1S/C19H25N3O3S/c1-19(2,3)13-7-5-12(6-8-13)14(9-17(23)25-4)22-18(24)15-11-26-16(10-20)21-15/h5-8,11,14H,9-10,20H2,1-4H3,(H,22,24). The van der Waals surface area contributed by atoms with Crippen molar-refractivity contribution in [2.75, 3.05) is 7.11 Å². The van der Waals surface area contributed by atoms with Crippen molar-refractivity contribution < 1.29 is 14.3 Å². The lowest BCUT2D eigenvalue weighted by molar-refractivity contribution is -0.141. The minimum absolute atomic E-state index is 0.0266. The predicted molar refractivity (Wildman–Crippen MR) is 102 cm³/mol. The number of hydrogen-bond donors (Lipinski definition) is 2. The fourth-order valence-corrected chi connectivity index (χ4v) is 3.11. The Hall–Kier alpha value is -2.25. The van der Waals surface area contributed by atoms with Gasteiger partial charge in [-0.2, -0.15) is 0 Å². The van der Waals surface area contributed by atoms with E-state index >= 15 is 0 Å². The van der Waals surface area contributed by atoms with Gasteiger partial charge in [0.2, 0.25) is 0 Å². The van der Waals surface area contributed by atoms with Crippen LogP contribution in [-0.4, -0.2) is 24.0 Å². The second-order valence-corrected chi connectivity index (χ2v) is 7.95. The van der Waals surface area contributed by atoms with Gasteiger partial charge >= 0.3 is 5.97 Å². The monoisotopic (exact) mass is 375 g/mol. The number of esters is 1. The Morgan fingerprint density at radius 1 is 1.27 bits per heavy atom. The van der Waals surface area contributed by atoms with Crippen molar-refractivity contribution in [1.29, 1.82) is 0 Å². The van der Waals surface area contributed by atoms with Gasteiger partial charge in [0.15, 0.2) is 0 Å². The van der Waals surface area contributed by atoms with Gasteiger partial charge < -0.3 is 15.8 Å². The quantitative estimate of drug-likeness (QED) is 0.757. The van der Waals surface area contributed by atoms with Crippen LogP contribution < -0.4 is 11.1 Å². The van der Waals surface area contributed by atoms with Crippen molar-refractivity contribution in [2.24, 2.45) is 5.73 Å². The maximum atomic E-state index is 12.5. The third-order valence-corrected chi connectivity index (χ3v) is 4.91. The highest BCUT2D eigenvalue weighted by atomic mass is 32.1. The van der Waals surface area contributed by atoms with E-state index in [4.69, 9.17) is 10.5 Å². The number of rotatable bonds is 6. The molecule has 0 aliphatic rings. The molecule has 26 heavy (non-hydrogen) atoms. The summed E-state index contributed by atoms with van der Waals surface area (Å²) in [5.41, 5.74) is 7.89. The molecule has 1 heterocycles. The summed E-state index contributed by atoms with van der Waals surface area (Å²) in [5, 5.41) is 5.23. The Morgan fingerprint density at radius 3 is 2.42 bits per heavy atom. The Morgan fingerprint density at radius 2 is 1.92 bits per heavy atom. The zero-order valence-electron chi connectivity index (χ0n) is 15.5. The first kappa shape index (κ1) is 20.1. The normalized spacial score (nSPS) is 12.5. The molecule has 6 nitrogen and oxygen atoms in total. The van der Waals surface area contributed by atoms with Crippen LogP contribution in [0.1, 0.15) is 59.9 Å². The average molecular weight is 375 g/mol. The van der Waals surface area contributed by atoms with Crippen molar-refractivity contribution in [3.63, 3.8) is 0 Å². The van der Waals surface area contributed by atoms with E-state index in [1.165, 1.54) is 24.0 Å². The highest BCUT2D eigenvalue weighted by Gasteiger charge is 2.22. The van der Waals surface area contributed by atoms with Crippen LogP contribution in [0.25, 0.3) is 0 Å². The molecule has 1 unspecified atom stereocenters. The fraction of sp³-hybridized carbons (Fsp3) is 0.421. The van der Waals surface area contributed by atoms with E-state index in [1.807, 2.05) is 24.3 Å². The highest BCUT2D eigenvalue weighted by Crippen LogP contribution is 2.25. The van der Waals surface area contributed by atoms with Gasteiger partial charge in [-0.1, -0.05) is 45.0 Å². The number of thiazole rings is 1. The van der Waals surface area contributed by atoms with E-state index < -0.39 is 12.0 Å². The number of nitrogens with one attached hydrogen (secondary N) is 1. The summed E-state index contributed by atoms with van der Waals surface area (Å²) in [4.78, 5) is 28.5. The molecule has 0 aliphatic heterocycles. The van der Waals surface area contributed by atoms with E-state index in [0.717, 1.165) is 5.56 Å². The highest BCUT2D eigenvalue weighted by molar-refractivity contribution is 7.09. The summed E-state index contributed by atoms with van der Waals surface area (Å²) in [6.07, 6.45) is 0.0466. The second kappa shape index (κ2) is 8.42. The first-order valence-corrected chi connectivity index (χ1v) is 9.25. The Balaban J connectivity index is 2.22. The molecule has 0 bridgehead atoms. The lowest BCUT2D eigenvalue weighted by Crippen LogP contribution is -2.31. The van der Waals surface area contributed by atoms with Crippen molar-refractivity contribution in [2.45, 2.75) is 45.2 Å². The second-order valence-electron chi connectivity index (χ2n) is 7.01. The number of benzene rings is 1. The van der Waals surface area contributed by atoms with Gasteiger partial charge in [0.05, 0.1) is 19.6 Å². The molecular weight excluding hydrogens is 350 g/mol. The zero-order chi connectivity index (χ0) is 19.3. The van der Waals surface area contributed by atoms with Gasteiger partial charge in [0, 0.05) is 11.9 Å². The number of nitrogens with two attached hydrogens (primary N) is 1. The molecule has 7 heteroatoms. The predicted octanol–water partition coefficient (Wildman–Crippen LogP) is 2.93. The molecular formula is C19H25N3O3S. The minimum atomic E-state index is -0.494. The number of aromatic nitrogens is 1. The lowest BCUT2D eigenvalue weighted by Gasteiger charge is -2.22. The summed E-state index contributed by atoms with van der Waals surface area (Å²) >= 11 is 1.34. The van der Waals surface area contributed by atoms with Crippen molar-refractivity contribution >= 4 is 23.2 Å². The van der Waals surface area contributed by atoms with Crippen LogP contribution in [0.5, 0.6) is 0 Å². The smallest absolute Gasteiger partial charge is 0.307 e. The van der Waals surface area contributed by atoms with Crippen molar-refractivity contribution in [3.05, 3.63) is 51.5 Å². The first-order valence-electron chi connectivity index (χ1n) is 8.37. The topological polar surface area (TPSA) is 94.3 Å². The molecule has 1 atom stereocenters. The maximum Gasteiger partial charge on any atom is 0.307 e. The van der Waals surface area contributed by atoms with E-state index in [9.17, 15) is 9.59 Å². The van der Waals surface area contributed by atoms with Gasteiger partial charge in [0.1, 0.15) is 10.7 Å². The molecule has 3 N–H and O–H groups in total. The molecule has 140 valence electrons. The maximum absolute atomic E-state index is 12.5. The van der Waals surface area contributed by atoms with Gasteiger partial charge in [-0.25, -0.2) is 4.98 Å². The van der Waals surface area contributed by atoms with Crippen LogP contribution >= 0.6 is 11.3 Å². The van der Waals surface area contributed by atoms with Crippen molar-refractivity contribution in [3.8, 4) is 0 Å². The number of carbonyl (C=O) groups is 2. The van der Waals surface area contributed by atoms with Gasteiger partial charge in [0.25, 0.3) is 5.91 Å². The van der Waals surface area contributed by atoms with Crippen molar-refractivity contribution in [1.82, 2.24) is 10.3 Å². The molecule has 1 amide bonds. The minimum Gasteiger partial charge on any atom is -0.469 e. The van der Waals surface area contributed by atoms with E-state index in [-0.39, 0.29) is 24.3 Å². The zero-order valence-corrected chi connectivity index (χ0v) is 16.4. The molecule has 1 aromatic heterocycles. The molecule has 0 saturated heterocycles.